The fraction of sp³-hybridized carbons (Fsp3) is 0.364. The molecular formula is C22H25NO4. The van der Waals surface area contributed by atoms with Gasteiger partial charge in [-0.2, -0.15) is 0 Å². The summed E-state index contributed by atoms with van der Waals surface area (Å²) in [6.07, 6.45) is 0.934. The first-order valence-corrected chi connectivity index (χ1v) is 9.22. The maximum Gasteiger partial charge on any atom is 0.338 e. The van der Waals surface area contributed by atoms with Crippen LogP contribution < -0.4 is 0 Å². The Morgan fingerprint density at radius 1 is 1.11 bits per heavy atom. The first-order valence-electron chi connectivity index (χ1n) is 9.22. The number of benzene rings is 2. The first-order chi connectivity index (χ1) is 13.1. The third-order valence-corrected chi connectivity index (χ3v) is 5.05. The average Bonchev–Trinajstić information content (AvgIpc) is 3.24. The molecule has 0 bridgehead atoms. The molecule has 2 aromatic rings. The smallest absolute Gasteiger partial charge is 0.338 e. The van der Waals surface area contributed by atoms with E-state index < -0.39 is 5.97 Å². The second kappa shape index (κ2) is 8.82. The van der Waals surface area contributed by atoms with E-state index in [1.165, 1.54) is 7.11 Å². The Kier molecular flexibility index (Phi) is 6.24. The van der Waals surface area contributed by atoms with Gasteiger partial charge in [0.1, 0.15) is 0 Å². The van der Waals surface area contributed by atoms with E-state index in [-0.39, 0.29) is 17.5 Å². The Balaban J connectivity index is 1.94. The molecule has 1 aliphatic rings. The third kappa shape index (κ3) is 4.37. The molecule has 0 N–H and O–H groups in total. The van der Waals surface area contributed by atoms with Crippen LogP contribution in [0, 0.1) is 5.92 Å². The second-order valence-electron chi connectivity index (χ2n) is 6.81. The van der Waals surface area contributed by atoms with Crippen LogP contribution in [-0.2, 0) is 9.47 Å². The molecule has 2 atom stereocenters. The Hall–Kier alpha value is -2.66. The summed E-state index contributed by atoms with van der Waals surface area (Å²) in [5, 5.41) is 0. The number of rotatable bonds is 6. The summed E-state index contributed by atoms with van der Waals surface area (Å²) in [7, 11) is 1.32. The Morgan fingerprint density at radius 3 is 2.41 bits per heavy atom. The molecule has 142 valence electrons. The molecule has 2 unspecified atom stereocenters. The van der Waals surface area contributed by atoms with Crippen LogP contribution in [0.1, 0.15) is 45.7 Å². The lowest BCUT2D eigenvalue weighted by molar-refractivity contribution is 0.0575. The van der Waals surface area contributed by atoms with Crippen molar-refractivity contribution in [3.8, 4) is 0 Å². The largest absolute Gasteiger partial charge is 0.465 e. The van der Waals surface area contributed by atoms with Gasteiger partial charge in [0.15, 0.2) is 0 Å². The number of amides is 1. The van der Waals surface area contributed by atoms with Crippen LogP contribution in [0.2, 0.25) is 0 Å². The van der Waals surface area contributed by atoms with E-state index >= 15 is 0 Å². The van der Waals surface area contributed by atoms with Gasteiger partial charge >= 0.3 is 5.97 Å². The number of ether oxygens (including phenoxy) is 2. The summed E-state index contributed by atoms with van der Waals surface area (Å²) >= 11 is 0. The van der Waals surface area contributed by atoms with Crippen molar-refractivity contribution in [3.63, 3.8) is 0 Å². The van der Waals surface area contributed by atoms with Crippen LogP contribution in [0.5, 0.6) is 0 Å². The molecule has 1 heterocycles. The number of methoxy groups -OCH3 is 1. The number of carbonyl (C=O) groups excluding carboxylic acids is 2. The molecule has 1 saturated heterocycles. The summed E-state index contributed by atoms with van der Waals surface area (Å²) in [5.74, 6) is -0.375. The van der Waals surface area contributed by atoms with Crippen LogP contribution in [0.25, 0.3) is 0 Å². The summed E-state index contributed by atoms with van der Waals surface area (Å²) in [4.78, 5) is 27.4. The Labute approximate surface area is 159 Å². The molecule has 0 saturated carbocycles. The lowest BCUT2D eigenvalue weighted by atomic mass is 10.00. The van der Waals surface area contributed by atoms with Crippen LogP contribution in [0.15, 0.2) is 54.6 Å². The van der Waals surface area contributed by atoms with Gasteiger partial charge in [0, 0.05) is 19.1 Å². The van der Waals surface area contributed by atoms with E-state index in [4.69, 9.17) is 9.47 Å². The van der Waals surface area contributed by atoms with Gasteiger partial charge in [-0.25, -0.2) is 4.79 Å². The zero-order chi connectivity index (χ0) is 19.2. The monoisotopic (exact) mass is 367 g/mol. The zero-order valence-electron chi connectivity index (χ0n) is 15.8. The van der Waals surface area contributed by atoms with Gasteiger partial charge in [0.05, 0.1) is 30.9 Å². The van der Waals surface area contributed by atoms with Gasteiger partial charge in [0.25, 0.3) is 5.91 Å². The lowest BCUT2D eigenvalue weighted by Crippen LogP contribution is -2.38. The van der Waals surface area contributed by atoms with Crippen molar-refractivity contribution in [2.45, 2.75) is 19.4 Å². The van der Waals surface area contributed by atoms with Crippen molar-refractivity contribution in [1.29, 1.82) is 0 Å². The standard InChI is InChI=1S/C22H25NO4/c1-16(18-8-4-3-5-9-18)23(14-17-12-13-27-15-17)21(24)19-10-6-7-11-20(19)22(25)26-2/h3-11,16-17H,12-15H2,1-2H3. The van der Waals surface area contributed by atoms with E-state index in [9.17, 15) is 9.59 Å². The molecule has 5 heteroatoms. The van der Waals surface area contributed by atoms with Crippen LogP contribution >= 0.6 is 0 Å². The molecule has 1 amide bonds. The molecule has 27 heavy (non-hydrogen) atoms. The van der Waals surface area contributed by atoms with E-state index in [1.54, 1.807) is 24.3 Å². The van der Waals surface area contributed by atoms with Gasteiger partial charge in [-0.3, -0.25) is 4.79 Å². The molecule has 5 nitrogen and oxygen atoms in total. The van der Waals surface area contributed by atoms with Gasteiger partial charge in [-0.05, 0) is 31.0 Å². The molecule has 0 aromatic heterocycles. The highest BCUT2D eigenvalue weighted by molar-refractivity contribution is 6.05. The minimum Gasteiger partial charge on any atom is -0.465 e. The molecule has 0 radical (unpaired) electrons. The molecule has 0 aliphatic carbocycles. The highest BCUT2D eigenvalue weighted by atomic mass is 16.5. The minimum atomic E-state index is -0.504. The number of nitrogens with zero attached hydrogens (tertiary/aromatic N) is 1. The summed E-state index contributed by atoms with van der Waals surface area (Å²) in [5.41, 5.74) is 1.71. The van der Waals surface area contributed by atoms with Crippen molar-refractivity contribution in [2.75, 3.05) is 26.9 Å². The number of hydrogen-bond donors (Lipinski definition) is 0. The van der Waals surface area contributed by atoms with E-state index in [2.05, 4.69) is 0 Å². The maximum absolute atomic E-state index is 13.5. The van der Waals surface area contributed by atoms with E-state index in [0.717, 1.165) is 18.6 Å². The fourth-order valence-corrected chi connectivity index (χ4v) is 3.45. The van der Waals surface area contributed by atoms with Crippen LogP contribution in [0.3, 0.4) is 0 Å². The predicted molar refractivity (Wildman–Crippen MR) is 103 cm³/mol. The summed E-state index contributed by atoms with van der Waals surface area (Å²) in [6.45, 7) is 3.99. The lowest BCUT2D eigenvalue weighted by Gasteiger charge is -2.32. The van der Waals surface area contributed by atoms with Gasteiger partial charge in [0.2, 0.25) is 0 Å². The van der Waals surface area contributed by atoms with Gasteiger partial charge < -0.3 is 14.4 Å². The zero-order valence-corrected chi connectivity index (χ0v) is 15.8. The highest BCUT2D eigenvalue weighted by Gasteiger charge is 2.29. The SMILES string of the molecule is COC(=O)c1ccccc1C(=O)N(CC1CCOC1)C(C)c1ccccc1. The molecule has 3 rings (SSSR count). The minimum absolute atomic E-state index is 0.120. The Morgan fingerprint density at radius 2 is 1.78 bits per heavy atom. The van der Waals surface area contributed by atoms with E-state index in [0.29, 0.717) is 24.6 Å². The predicted octanol–water partition coefficient (Wildman–Crippen LogP) is 3.71. The molecule has 2 aromatic carbocycles. The van der Waals surface area contributed by atoms with Gasteiger partial charge in [-0.1, -0.05) is 42.5 Å². The highest BCUT2D eigenvalue weighted by Crippen LogP contribution is 2.27. The van der Waals surface area contributed by atoms with Gasteiger partial charge in [-0.15, -0.1) is 0 Å². The molecule has 1 aliphatic heterocycles. The van der Waals surface area contributed by atoms with Crippen molar-refractivity contribution in [3.05, 3.63) is 71.3 Å². The molecule has 1 fully saturated rings. The van der Waals surface area contributed by atoms with Crippen molar-refractivity contribution < 1.29 is 19.1 Å². The first kappa shape index (κ1) is 19.1. The molecular weight excluding hydrogens is 342 g/mol. The number of hydrogen-bond acceptors (Lipinski definition) is 4. The van der Waals surface area contributed by atoms with Crippen molar-refractivity contribution in [2.24, 2.45) is 5.92 Å². The summed E-state index contributed by atoms with van der Waals surface area (Å²) in [6, 6.07) is 16.6. The van der Waals surface area contributed by atoms with Crippen LogP contribution in [-0.4, -0.2) is 43.6 Å². The third-order valence-electron chi connectivity index (χ3n) is 5.05. The number of esters is 1. The topological polar surface area (TPSA) is 55.8 Å². The fourth-order valence-electron chi connectivity index (χ4n) is 3.45. The van der Waals surface area contributed by atoms with Crippen LogP contribution in [0.4, 0.5) is 0 Å². The Bertz CT molecular complexity index is 784. The normalized spacial score (nSPS) is 17.3. The average molecular weight is 367 g/mol. The quantitative estimate of drug-likeness (QED) is 0.731. The van der Waals surface area contributed by atoms with Crippen molar-refractivity contribution >= 4 is 11.9 Å². The van der Waals surface area contributed by atoms with Crippen molar-refractivity contribution in [1.82, 2.24) is 4.90 Å². The van der Waals surface area contributed by atoms with E-state index in [1.807, 2.05) is 42.2 Å². The second-order valence-corrected chi connectivity index (χ2v) is 6.81. The maximum atomic E-state index is 13.5. The summed E-state index contributed by atoms with van der Waals surface area (Å²) < 4.78 is 10.4. The number of carbonyl (C=O) groups is 2. The molecule has 0 spiro atoms.